The molecular formula is C37H28N4O3. The molecule has 1 aromatic heterocycles. The van der Waals surface area contributed by atoms with Crippen LogP contribution in [0.3, 0.4) is 0 Å². The monoisotopic (exact) mass is 576 g/mol. The molecule has 0 saturated heterocycles. The molecule has 0 spiro atoms. The first-order chi connectivity index (χ1) is 21.4. The zero-order chi connectivity index (χ0) is 30.6. The number of nitrogens with zero attached hydrogens (tertiary/aromatic N) is 3. The van der Waals surface area contributed by atoms with Gasteiger partial charge in [0.15, 0.2) is 0 Å². The molecule has 1 amide bonds. The van der Waals surface area contributed by atoms with E-state index in [0.717, 1.165) is 38.8 Å². The summed E-state index contributed by atoms with van der Waals surface area (Å²) >= 11 is 0. The molecule has 0 fully saturated rings. The second kappa shape index (κ2) is 12.1. The SMILES string of the molecule is C[C@H](NC(=O)c1cc(-c2ccc(C#N)cc2)cc2cnn(Cc3ccc(-c4ccccc4)cc3)c12)c1ccc(C(=O)O)cc1. The van der Waals surface area contributed by atoms with Crippen LogP contribution in [0.4, 0.5) is 0 Å². The second-order valence-corrected chi connectivity index (χ2v) is 10.6. The van der Waals surface area contributed by atoms with Crippen LogP contribution in [-0.4, -0.2) is 26.8 Å². The summed E-state index contributed by atoms with van der Waals surface area (Å²) in [7, 11) is 0. The van der Waals surface area contributed by atoms with Gasteiger partial charge < -0.3 is 10.4 Å². The number of aromatic nitrogens is 2. The second-order valence-electron chi connectivity index (χ2n) is 10.6. The average molecular weight is 577 g/mol. The number of nitrogens with one attached hydrogen (secondary N) is 1. The Bertz CT molecular complexity index is 2010. The van der Waals surface area contributed by atoms with Crippen molar-refractivity contribution in [3.05, 3.63) is 149 Å². The Kier molecular flexibility index (Phi) is 7.73. The highest BCUT2D eigenvalue weighted by atomic mass is 16.4. The Morgan fingerprint density at radius 3 is 2.14 bits per heavy atom. The van der Waals surface area contributed by atoms with E-state index >= 15 is 0 Å². The van der Waals surface area contributed by atoms with Gasteiger partial charge in [-0.15, -0.1) is 0 Å². The van der Waals surface area contributed by atoms with Crippen LogP contribution < -0.4 is 5.32 Å². The molecule has 0 radical (unpaired) electrons. The van der Waals surface area contributed by atoms with Gasteiger partial charge in [0.05, 0.1) is 47.1 Å². The van der Waals surface area contributed by atoms with Gasteiger partial charge in [0.25, 0.3) is 5.91 Å². The summed E-state index contributed by atoms with van der Waals surface area (Å²) in [5.74, 6) is -1.28. The lowest BCUT2D eigenvalue weighted by Crippen LogP contribution is -2.27. The van der Waals surface area contributed by atoms with Gasteiger partial charge in [-0.1, -0.05) is 78.9 Å². The minimum absolute atomic E-state index is 0.185. The highest BCUT2D eigenvalue weighted by molar-refractivity contribution is 6.07. The topological polar surface area (TPSA) is 108 Å². The molecule has 6 rings (SSSR count). The van der Waals surface area contributed by atoms with Crippen molar-refractivity contribution in [2.24, 2.45) is 0 Å². The van der Waals surface area contributed by atoms with Crippen molar-refractivity contribution in [3.63, 3.8) is 0 Å². The number of carbonyl (C=O) groups excluding carboxylic acids is 1. The first-order valence-corrected chi connectivity index (χ1v) is 14.2. The van der Waals surface area contributed by atoms with E-state index in [9.17, 15) is 20.0 Å². The van der Waals surface area contributed by atoms with Gasteiger partial charge in [-0.25, -0.2) is 4.79 Å². The number of hydrogen-bond acceptors (Lipinski definition) is 4. The van der Waals surface area contributed by atoms with E-state index in [2.05, 4.69) is 52.9 Å². The number of carboxylic acid groups (broad SMARTS) is 1. The van der Waals surface area contributed by atoms with Crippen LogP contribution in [0.1, 0.15) is 50.4 Å². The van der Waals surface area contributed by atoms with Crippen molar-refractivity contribution in [3.8, 4) is 28.3 Å². The number of carboxylic acids is 1. The Balaban J connectivity index is 1.36. The largest absolute Gasteiger partial charge is 0.478 e. The molecule has 0 saturated carbocycles. The van der Waals surface area contributed by atoms with Crippen LogP contribution in [0.25, 0.3) is 33.2 Å². The summed E-state index contributed by atoms with van der Waals surface area (Å²) < 4.78 is 1.84. The van der Waals surface area contributed by atoms with Crippen LogP contribution in [-0.2, 0) is 6.54 Å². The zero-order valence-corrected chi connectivity index (χ0v) is 23.9. The van der Waals surface area contributed by atoms with Crippen molar-refractivity contribution in [1.82, 2.24) is 15.1 Å². The number of amides is 1. The first kappa shape index (κ1) is 28.1. The maximum atomic E-state index is 13.9. The standard InChI is InChI=1S/C37H28N4O3/c1-24(27-15-17-31(18-16-27)37(43)44)40-36(42)34-20-32(30-11-7-25(21-38)8-12-30)19-33-22-39-41(35(33)34)23-26-9-13-29(14-10-26)28-5-3-2-4-6-28/h2-20,22,24H,23H2,1H3,(H,40,42)(H,43,44)/t24-/m0/s1. The smallest absolute Gasteiger partial charge is 0.335 e. The quantitative estimate of drug-likeness (QED) is 0.195. The number of rotatable bonds is 8. The minimum atomic E-state index is -1.00. The Hall–Kier alpha value is -6.00. The van der Waals surface area contributed by atoms with Gasteiger partial charge in [-0.3, -0.25) is 9.48 Å². The molecule has 5 aromatic carbocycles. The van der Waals surface area contributed by atoms with Crippen LogP contribution in [0.15, 0.2) is 121 Å². The van der Waals surface area contributed by atoms with Gasteiger partial charge in [0.1, 0.15) is 0 Å². The third kappa shape index (κ3) is 5.83. The normalized spacial score (nSPS) is 11.5. The summed E-state index contributed by atoms with van der Waals surface area (Å²) in [4.78, 5) is 25.2. The zero-order valence-electron chi connectivity index (χ0n) is 23.9. The van der Waals surface area contributed by atoms with Crippen LogP contribution in [0.2, 0.25) is 0 Å². The number of aromatic carboxylic acids is 1. The van der Waals surface area contributed by atoms with Gasteiger partial charge in [-0.05, 0) is 76.7 Å². The number of carbonyl (C=O) groups is 2. The molecule has 1 atom stereocenters. The maximum Gasteiger partial charge on any atom is 0.335 e. The number of nitriles is 1. The molecule has 0 aliphatic rings. The Labute approximate surface area is 254 Å². The number of fused-ring (bicyclic) bond motifs is 1. The van der Waals surface area contributed by atoms with Crippen molar-refractivity contribution < 1.29 is 14.7 Å². The average Bonchev–Trinajstić information content (AvgIpc) is 3.47. The molecule has 0 aliphatic heterocycles. The summed E-state index contributed by atoms with van der Waals surface area (Å²) in [6.07, 6.45) is 1.77. The molecule has 7 heteroatoms. The first-order valence-electron chi connectivity index (χ1n) is 14.2. The van der Waals surface area contributed by atoms with E-state index in [4.69, 9.17) is 0 Å². The molecule has 0 unspecified atom stereocenters. The van der Waals surface area contributed by atoms with Gasteiger partial charge in [0.2, 0.25) is 0 Å². The molecule has 1 heterocycles. The van der Waals surface area contributed by atoms with E-state index in [1.54, 1.807) is 30.5 Å². The number of benzene rings is 5. The molecule has 2 N–H and O–H groups in total. The summed E-state index contributed by atoms with van der Waals surface area (Å²) in [6.45, 7) is 2.34. The minimum Gasteiger partial charge on any atom is -0.478 e. The lowest BCUT2D eigenvalue weighted by Gasteiger charge is -2.17. The summed E-state index contributed by atoms with van der Waals surface area (Å²) in [5, 5.41) is 27.1. The fourth-order valence-corrected chi connectivity index (χ4v) is 5.31. The molecule has 214 valence electrons. The Morgan fingerprint density at radius 2 is 1.48 bits per heavy atom. The lowest BCUT2D eigenvalue weighted by atomic mass is 9.98. The predicted molar refractivity (Wildman–Crippen MR) is 170 cm³/mol. The van der Waals surface area contributed by atoms with Crippen LogP contribution in [0, 0.1) is 11.3 Å². The highest BCUT2D eigenvalue weighted by Gasteiger charge is 2.20. The van der Waals surface area contributed by atoms with Crippen molar-refractivity contribution in [2.75, 3.05) is 0 Å². The molecule has 0 aliphatic carbocycles. The van der Waals surface area contributed by atoms with Crippen molar-refractivity contribution in [2.45, 2.75) is 19.5 Å². The van der Waals surface area contributed by atoms with E-state index in [0.29, 0.717) is 23.2 Å². The highest BCUT2D eigenvalue weighted by Crippen LogP contribution is 2.30. The summed E-state index contributed by atoms with van der Waals surface area (Å²) in [6, 6.07) is 37.9. The number of hydrogen-bond donors (Lipinski definition) is 2. The third-order valence-electron chi connectivity index (χ3n) is 7.72. The third-order valence-corrected chi connectivity index (χ3v) is 7.72. The Morgan fingerprint density at radius 1 is 0.841 bits per heavy atom. The van der Waals surface area contributed by atoms with Gasteiger partial charge >= 0.3 is 5.97 Å². The van der Waals surface area contributed by atoms with Crippen LogP contribution in [0.5, 0.6) is 0 Å². The lowest BCUT2D eigenvalue weighted by molar-refractivity contribution is 0.0696. The van der Waals surface area contributed by atoms with Crippen molar-refractivity contribution in [1.29, 1.82) is 5.26 Å². The van der Waals surface area contributed by atoms with E-state index < -0.39 is 5.97 Å². The molecule has 6 aromatic rings. The maximum absolute atomic E-state index is 13.9. The summed E-state index contributed by atoms with van der Waals surface area (Å²) in [5.41, 5.74) is 7.72. The fourth-order valence-electron chi connectivity index (χ4n) is 5.31. The van der Waals surface area contributed by atoms with Crippen molar-refractivity contribution >= 4 is 22.8 Å². The van der Waals surface area contributed by atoms with Gasteiger partial charge in [0, 0.05) is 5.39 Å². The van der Waals surface area contributed by atoms with Crippen LogP contribution >= 0.6 is 0 Å². The molecule has 0 bridgehead atoms. The molecule has 44 heavy (non-hydrogen) atoms. The predicted octanol–water partition coefficient (Wildman–Crippen LogP) is 7.48. The molecular weight excluding hydrogens is 548 g/mol. The van der Waals surface area contributed by atoms with E-state index in [1.807, 2.05) is 54.1 Å². The van der Waals surface area contributed by atoms with E-state index in [1.165, 1.54) is 12.1 Å². The van der Waals surface area contributed by atoms with E-state index in [-0.39, 0.29) is 17.5 Å². The molecule has 7 nitrogen and oxygen atoms in total. The van der Waals surface area contributed by atoms with Gasteiger partial charge in [-0.2, -0.15) is 10.4 Å². The fraction of sp³-hybridized carbons (Fsp3) is 0.0811.